The molecule has 0 saturated carbocycles. The van der Waals surface area contributed by atoms with Gasteiger partial charge in [0.15, 0.2) is 5.78 Å². The molecule has 2 aromatic rings. The lowest BCUT2D eigenvalue weighted by atomic mass is 9.83. The quantitative estimate of drug-likeness (QED) is 0.0488. The van der Waals surface area contributed by atoms with E-state index in [9.17, 15) is 19.2 Å². The summed E-state index contributed by atoms with van der Waals surface area (Å²) in [7, 11) is 8.35. The van der Waals surface area contributed by atoms with Gasteiger partial charge < -0.3 is 43.1 Å². The number of thiazole rings is 1. The van der Waals surface area contributed by atoms with Gasteiger partial charge >= 0.3 is 0 Å². The van der Waals surface area contributed by atoms with Crippen LogP contribution in [0.4, 0.5) is 0 Å². The van der Waals surface area contributed by atoms with Gasteiger partial charge in [-0.05, 0) is 53.9 Å². The predicted molar refractivity (Wildman–Crippen MR) is 277 cm³/mol. The van der Waals surface area contributed by atoms with Crippen LogP contribution in [0.2, 0.25) is 0 Å². The number of likely N-dealkylation sites (tertiary alicyclic amines) is 1. The number of ether oxygens (including phenoxy) is 6. The summed E-state index contributed by atoms with van der Waals surface area (Å²) < 4.78 is 33.9. The molecule has 1 aromatic carbocycles. The Morgan fingerprint density at radius 1 is 0.826 bits per heavy atom. The molecule has 9 atom stereocenters. The van der Waals surface area contributed by atoms with Crippen LogP contribution in [-0.4, -0.2) is 167 Å². The minimum absolute atomic E-state index is 0.0265. The number of carbonyl (C=O) groups is 4. The highest BCUT2D eigenvalue weighted by molar-refractivity contribution is 7.80. The largest absolute Gasteiger partial charge is 0.382 e. The Balaban J connectivity index is 1.68. The first-order valence-electron chi connectivity index (χ1n) is 25.1. The number of thiocarbonyl (C=S) groups is 1. The van der Waals surface area contributed by atoms with Crippen molar-refractivity contribution < 1.29 is 47.6 Å². The Kier molecular flexibility index (Phi) is 27.8. The molecule has 14 nitrogen and oxygen atoms in total. The number of ketones is 1. The number of Topliss-reactive ketones (excluding diaryl/α,β-unsaturated/α-hetero) is 1. The number of nitrogens with zero attached hydrogens (tertiary/aromatic N) is 4. The molecule has 0 spiro atoms. The maximum Gasteiger partial charge on any atom is 0.226 e. The summed E-state index contributed by atoms with van der Waals surface area (Å²) in [6.45, 7) is 17.4. The molecule has 2 heterocycles. The zero-order valence-electron chi connectivity index (χ0n) is 43.9. The second-order valence-corrected chi connectivity index (χ2v) is 20.8. The van der Waals surface area contributed by atoms with Crippen LogP contribution >= 0.6 is 23.6 Å². The summed E-state index contributed by atoms with van der Waals surface area (Å²) in [6, 6.07) is 9.07. The van der Waals surface area contributed by atoms with Crippen molar-refractivity contribution in [2.75, 3.05) is 88.2 Å². The minimum atomic E-state index is -0.719. The number of methoxy groups -OCH3 is 3. The summed E-state index contributed by atoms with van der Waals surface area (Å²) in [5, 5.41) is 3.07. The number of aromatic nitrogens is 1. The molecule has 1 aliphatic rings. The van der Waals surface area contributed by atoms with Crippen LogP contribution in [0.3, 0.4) is 0 Å². The zero-order valence-corrected chi connectivity index (χ0v) is 45.5. The van der Waals surface area contributed by atoms with Gasteiger partial charge in [-0.3, -0.25) is 19.2 Å². The third-order valence-electron chi connectivity index (χ3n) is 13.9. The summed E-state index contributed by atoms with van der Waals surface area (Å²) >= 11 is 7.84. The first kappa shape index (κ1) is 60.1. The Hall–Kier alpha value is -3.22. The van der Waals surface area contributed by atoms with Gasteiger partial charge in [0.05, 0.1) is 94.4 Å². The molecule has 16 heteroatoms. The third-order valence-corrected chi connectivity index (χ3v) is 15.4. The SMILES string of the molecule is CC[C@H](C)[C@@H]([C@@H](CC(=O)N1CCC[C@H]1[C@H](OC)[C@@H](C)C(=S)C[C@@H](Cc1ccccc1)c1nccs1)OC)N(C)C(=O)[C@@H](CC(=O)[C@H](C(C)C)N(C)C(=O)CCOCCOCCOCCOC)C(C)C. The van der Waals surface area contributed by atoms with E-state index in [1.807, 2.05) is 50.2 Å². The Morgan fingerprint density at radius 3 is 2.01 bits per heavy atom. The van der Waals surface area contributed by atoms with Crippen LogP contribution in [0, 0.1) is 29.6 Å². The van der Waals surface area contributed by atoms with Crippen LogP contribution in [0.25, 0.3) is 0 Å². The fourth-order valence-corrected chi connectivity index (χ4v) is 10.8. The molecular weight excluding hydrogens is 917 g/mol. The molecule has 390 valence electrons. The first-order valence-corrected chi connectivity index (χ1v) is 26.4. The van der Waals surface area contributed by atoms with Gasteiger partial charge in [-0.15, -0.1) is 11.3 Å². The van der Waals surface area contributed by atoms with Gasteiger partial charge in [-0.2, -0.15) is 0 Å². The van der Waals surface area contributed by atoms with Gasteiger partial charge in [-0.1, -0.05) is 97.4 Å². The average molecular weight is 1000 g/mol. The summed E-state index contributed by atoms with van der Waals surface area (Å²) in [5.41, 5.74) is 1.23. The number of hydrogen-bond acceptors (Lipinski definition) is 13. The second kappa shape index (κ2) is 32.0. The summed E-state index contributed by atoms with van der Waals surface area (Å²) in [6.07, 6.45) is 4.97. The van der Waals surface area contributed by atoms with E-state index in [0.29, 0.717) is 52.6 Å². The average Bonchev–Trinajstić information content (AvgIpc) is 4.06. The monoisotopic (exact) mass is 1000 g/mol. The van der Waals surface area contributed by atoms with E-state index in [0.717, 1.165) is 35.6 Å². The van der Waals surface area contributed by atoms with Crippen molar-refractivity contribution in [2.24, 2.45) is 29.6 Å². The number of carbonyl (C=O) groups excluding carboxylic acids is 4. The highest BCUT2D eigenvalue weighted by Gasteiger charge is 2.43. The molecule has 0 N–H and O–H groups in total. The fourth-order valence-electron chi connectivity index (χ4n) is 9.77. The number of rotatable bonds is 35. The van der Waals surface area contributed by atoms with Crippen LogP contribution < -0.4 is 0 Å². The fraction of sp³-hybridized carbons (Fsp3) is 0.736. The first-order chi connectivity index (χ1) is 33.0. The van der Waals surface area contributed by atoms with Crippen molar-refractivity contribution in [3.63, 3.8) is 0 Å². The van der Waals surface area contributed by atoms with Crippen LogP contribution in [0.1, 0.15) is 110 Å². The standard InChI is InChI=1S/C53H86N4O10S2/c1-13-38(6)50(56(9)53(61)42(36(2)3)34-44(58)49(37(4)5)55(8)47(59)21-24-65-27-28-67-30-29-66-26-25-62-10)45(63-11)35-48(60)57-23-17-20-43(57)51(64-12)39(7)46(68)33-41(52-54-22-31-69-52)32-40-18-15-14-16-19-40/h14-16,18-19,22,31,36-39,41-43,45,49-51H,13,17,20-21,23-30,32-35H2,1-12H3/t38-,39-,41+,42-,43-,45+,49-,50-,51+/m0/s1. The van der Waals surface area contributed by atoms with Crippen molar-refractivity contribution >= 4 is 51.9 Å². The van der Waals surface area contributed by atoms with Gasteiger partial charge in [0.25, 0.3) is 0 Å². The van der Waals surface area contributed by atoms with Gasteiger partial charge in [0.1, 0.15) is 0 Å². The van der Waals surface area contributed by atoms with E-state index in [4.69, 9.17) is 40.6 Å². The molecule has 0 unspecified atom stereocenters. The number of amides is 3. The van der Waals surface area contributed by atoms with Gasteiger partial charge in [-0.25, -0.2) is 4.98 Å². The van der Waals surface area contributed by atoms with E-state index in [1.54, 1.807) is 51.7 Å². The van der Waals surface area contributed by atoms with E-state index in [1.165, 1.54) is 10.5 Å². The number of hydrogen-bond donors (Lipinski definition) is 0. The topological polar surface area (TPSA) is 146 Å². The molecule has 3 rings (SSSR count). The third kappa shape index (κ3) is 18.7. The zero-order chi connectivity index (χ0) is 51.0. The predicted octanol–water partition coefficient (Wildman–Crippen LogP) is 7.95. The summed E-state index contributed by atoms with van der Waals surface area (Å²) in [4.78, 5) is 67.6. The molecule has 0 radical (unpaired) electrons. The van der Waals surface area contributed by atoms with Gasteiger partial charge in [0, 0.05) is 77.7 Å². The second-order valence-electron chi connectivity index (χ2n) is 19.3. The maximum absolute atomic E-state index is 14.7. The van der Waals surface area contributed by atoms with Crippen LogP contribution in [0.15, 0.2) is 41.9 Å². The molecule has 1 fully saturated rings. The van der Waals surface area contributed by atoms with Crippen molar-refractivity contribution in [1.82, 2.24) is 19.7 Å². The lowest BCUT2D eigenvalue weighted by Crippen LogP contribution is -2.54. The normalized spacial score (nSPS) is 17.5. The van der Waals surface area contributed by atoms with Crippen molar-refractivity contribution in [3.8, 4) is 0 Å². The molecule has 69 heavy (non-hydrogen) atoms. The maximum atomic E-state index is 14.7. The lowest BCUT2D eigenvalue weighted by molar-refractivity contribution is -0.149. The highest BCUT2D eigenvalue weighted by atomic mass is 32.1. The lowest BCUT2D eigenvalue weighted by Gasteiger charge is -2.41. The molecule has 1 aliphatic heterocycles. The number of likely N-dealkylation sites (N-methyl/N-ethyl adjacent to an activating group) is 2. The van der Waals surface area contributed by atoms with E-state index in [-0.39, 0.29) is 91.1 Å². The Bertz CT molecular complexity index is 1800. The van der Waals surface area contributed by atoms with Crippen molar-refractivity contribution in [2.45, 2.75) is 136 Å². The van der Waals surface area contributed by atoms with Crippen LogP contribution in [-0.2, 0) is 54.0 Å². The van der Waals surface area contributed by atoms with E-state index >= 15 is 0 Å². The van der Waals surface area contributed by atoms with Crippen molar-refractivity contribution in [1.29, 1.82) is 0 Å². The molecular formula is C53H86N4O10S2. The smallest absolute Gasteiger partial charge is 0.226 e. The Labute approximate surface area is 423 Å². The van der Waals surface area contributed by atoms with Gasteiger partial charge in [0.2, 0.25) is 17.7 Å². The van der Waals surface area contributed by atoms with E-state index < -0.39 is 24.1 Å². The molecule has 1 saturated heterocycles. The van der Waals surface area contributed by atoms with Crippen molar-refractivity contribution in [3.05, 3.63) is 52.5 Å². The van der Waals surface area contributed by atoms with Crippen LogP contribution in [0.5, 0.6) is 0 Å². The Morgan fingerprint density at radius 2 is 1.46 bits per heavy atom. The molecule has 0 aliphatic carbocycles. The number of benzene rings is 1. The molecule has 1 aromatic heterocycles. The summed E-state index contributed by atoms with van der Waals surface area (Å²) in [5.74, 6) is -1.63. The highest BCUT2D eigenvalue weighted by Crippen LogP contribution is 2.34. The molecule has 3 amide bonds. The minimum Gasteiger partial charge on any atom is -0.382 e. The molecule has 0 bridgehead atoms. The van der Waals surface area contributed by atoms with E-state index in [2.05, 4.69) is 50.0 Å².